The number of hydrogen-bond donors (Lipinski definition) is 2. The van der Waals surface area contributed by atoms with Gasteiger partial charge in [-0.1, -0.05) is 11.6 Å². The first-order chi connectivity index (χ1) is 10.9. The van der Waals surface area contributed by atoms with Gasteiger partial charge in [0.15, 0.2) is 5.78 Å². The number of hydrogen-bond acceptors (Lipinski definition) is 3. The van der Waals surface area contributed by atoms with Crippen molar-refractivity contribution in [3.05, 3.63) is 51.8 Å². The van der Waals surface area contributed by atoms with E-state index in [9.17, 15) is 9.59 Å². The number of aromatic nitrogens is 1. The molecule has 122 valence electrons. The normalized spacial score (nSPS) is 10.6. The van der Waals surface area contributed by atoms with E-state index < -0.39 is 0 Å². The number of halogens is 1. The van der Waals surface area contributed by atoms with Gasteiger partial charge >= 0.3 is 0 Å². The van der Waals surface area contributed by atoms with E-state index in [4.69, 9.17) is 11.6 Å². The molecule has 6 heteroatoms. The summed E-state index contributed by atoms with van der Waals surface area (Å²) >= 11 is 7.49. The molecule has 0 aliphatic carbocycles. The fourth-order valence-corrected chi connectivity index (χ4v) is 3.35. The minimum atomic E-state index is -0.185. The Morgan fingerprint density at radius 1 is 1.22 bits per heavy atom. The predicted molar refractivity (Wildman–Crippen MR) is 94.8 cm³/mol. The van der Waals surface area contributed by atoms with Crippen LogP contribution in [0.2, 0.25) is 5.02 Å². The first-order valence-corrected chi connectivity index (χ1v) is 8.63. The molecule has 0 fully saturated rings. The summed E-state index contributed by atoms with van der Waals surface area (Å²) in [5.41, 5.74) is 2.50. The maximum absolute atomic E-state index is 12.2. The van der Waals surface area contributed by atoms with E-state index in [0.717, 1.165) is 16.3 Å². The van der Waals surface area contributed by atoms with Crippen molar-refractivity contribution in [2.75, 3.05) is 12.3 Å². The van der Waals surface area contributed by atoms with Crippen molar-refractivity contribution in [1.29, 1.82) is 0 Å². The van der Waals surface area contributed by atoms with Crippen LogP contribution in [0.25, 0.3) is 0 Å². The molecule has 0 radical (unpaired) electrons. The highest BCUT2D eigenvalue weighted by atomic mass is 35.5. The summed E-state index contributed by atoms with van der Waals surface area (Å²) in [7, 11) is 0. The molecule has 0 saturated heterocycles. The fourth-order valence-electron chi connectivity index (χ4n) is 2.46. The molecule has 2 aromatic rings. The lowest BCUT2D eigenvalue weighted by molar-refractivity contribution is 0.0951. The molecule has 0 atom stereocenters. The number of aromatic amines is 1. The van der Waals surface area contributed by atoms with Gasteiger partial charge in [-0.05, 0) is 50.6 Å². The second-order valence-electron chi connectivity index (χ2n) is 5.24. The van der Waals surface area contributed by atoms with Crippen LogP contribution >= 0.6 is 23.4 Å². The number of nitrogens with one attached hydrogen (secondary N) is 2. The van der Waals surface area contributed by atoms with Crippen LogP contribution in [-0.2, 0) is 0 Å². The van der Waals surface area contributed by atoms with Crippen LogP contribution in [-0.4, -0.2) is 29.0 Å². The van der Waals surface area contributed by atoms with E-state index in [1.807, 2.05) is 24.3 Å². The second-order valence-corrected chi connectivity index (χ2v) is 6.84. The van der Waals surface area contributed by atoms with Crippen LogP contribution in [0.15, 0.2) is 29.2 Å². The molecule has 0 spiro atoms. The molecule has 23 heavy (non-hydrogen) atoms. The third kappa shape index (κ3) is 4.39. The van der Waals surface area contributed by atoms with Crippen LogP contribution in [0.1, 0.15) is 39.0 Å². The number of benzene rings is 1. The Morgan fingerprint density at radius 3 is 2.43 bits per heavy atom. The quantitative estimate of drug-likeness (QED) is 0.470. The van der Waals surface area contributed by atoms with Gasteiger partial charge in [-0.2, -0.15) is 0 Å². The van der Waals surface area contributed by atoms with Crippen LogP contribution in [0, 0.1) is 13.8 Å². The average molecular weight is 351 g/mol. The summed E-state index contributed by atoms with van der Waals surface area (Å²) in [6.45, 7) is 5.64. The van der Waals surface area contributed by atoms with Gasteiger partial charge in [0.05, 0.1) is 0 Å². The summed E-state index contributed by atoms with van der Waals surface area (Å²) in [6.07, 6.45) is 0. The highest BCUT2D eigenvalue weighted by molar-refractivity contribution is 7.99. The number of aryl methyl sites for hydroxylation is 1. The van der Waals surface area contributed by atoms with Gasteiger partial charge < -0.3 is 10.3 Å². The van der Waals surface area contributed by atoms with E-state index in [1.165, 1.54) is 6.92 Å². The highest BCUT2D eigenvalue weighted by Gasteiger charge is 2.19. The van der Waals surface area contributed by atoms with Crippen LogP contribution in [0.4, 0.5) is 0 Å². The van der Waals surface area contributed by atoms with Crippen molar-refractivity contribution in [3.63, 3.8) is 0 Å². The molecular weight excluding hydrogens is 332 g/mol. The lowest BCUT2D eigenvalue weighted by Crippen LogP contribution is -2.26. The Labute approximate surface area is 145 Å². The summed E-state index contributed by atoms with van der Waals surface area (Å²) in [4.78, 5) is 27.9. The van der Waals surface area contributed by atoms with E-state index >= 15 is 0 Å². The van der Waals surface area contributed by atoms with Gasteiger partial charge in [0.25, 0.3) is 5.91 Å². The van der Waals surface area contributed by atoms with Crippen LogP contribution < -0.4 is 5.32 Å². The fraction of sp³-hybridized carbons (Fsp3) is 0.294. The summed E-state index contributed by atoms with van der Waals surface area (Å²) < 4.78 is 0. The maximum atomic E-state index is 12.2. The molecule has 0 saturated carbocycles. The SMILES string of the molecule is CC(=O)c1c(C)[nH]c(C(=O)NCCSc2ccc(Cl)cc2)c1C. The molecule has 4 nitrogen and oxygen atoms in total. The maximum Gasteiger partial charge on any atom is 0.268 e. The smallest absolute Gasteiger partial charge is 0.268 e. The molecule has 0 aliphatic heterocycles. The van der Waals surface area contributed by atoms with E-state index in [-0.39, 0.29) is 11.7 Å². The first kappa shape index (κ1) is 17.6. The first-order valence-electron chi connectivity index (χ1n) is 7.26. The van der Waals surface area contributed by atoms with Crippen molar-refractivity contribution in [2.45, 2.75) is 25.7 Å². The Kier molecular flexibility index (Phi) is 5.91. The molecule has 0 bridgehead atoms. The van der Waals surface area contributed by atoms with E-state index in [0.29, 0.717) is 28.4 Å². The monoisotopic (exact) mass is 350 g/mol. The van der Waals surface area contributed by atoms with Gasteiger partial charge in [-0.25, -0.2) is 0 Å². The van der Waals surface area contributed by atoms with Crippen molar-refractivity contribution in [2.24, 2.45) is 0 Å². The molecule has 0 aliphatic rings. The van der Waals surface area contributed by atoms with Crippen LogP contribution in [0.3, 0.4) is 0 Å². The number of H-pyrrole nitrogens is 1. The summed E-state index contributed by atoms with van der Waals surface area (Å²) in [5.74, 6) is 0.537. The molecule has 1 heterocycles. The molecule has 2 rings (SSSR count). The molecule has 1 amide bonds. The Morgan fingerprint density at radius 2 is 1.87 bits per heavy atom. The lowest BCUT2D eigenvalue weighted by atomic mass is 10.1. The van der Waals surface area contributed by atoms with Crippen molar-refractivity contribution in [1.82, 2.24) is 10.3 Å². The molecule has 2 N–H and O–H groups in total. The minimum Gasteiger partial charge on any atom is -0.354 e. The van der Waals surface area contributed by atoms with Crippen molar-refractivity contribution >= 4 is 35.1 Å². The van der Waals surface area contributed by atoms with Gasteiger partial charge in [-0.15, -0.1) is 11.8 Å². The van der Waals surface area contributed by atoms with E-state index in [2.05, 4.69) is 10.3 Å². The Bertz CT molecular complexity index is 723. The predicted octanol–water partition coefficient (Wildman–Crippen LogP) is 4.01. The number of rotatable bonds is 6. The van der Waals surface area contributed by atoms with Gasteiger partial charge in [0, 0.05) is 33.5 Å². The highest BCUT2D eigenvalue weighted by Crippen LogP contribution is 2.20. The van der Waals surface area contributed by atoms with Gasteiger partial charge in [0.2, 0.25) is 0 Å². The van der Waals surface area contributed by atoms with Crippen LogP contribution in [0.5, 0.6) is 0 Å². The zero-order valence-corrected chi connectivity index (χ0v) is 14.9. The topological polar surface area (TPSA) is 62.0 Å². The molecule has 1 aromatic carbocycles. The zero-order valence-electron chi connectivity index (χ0n) is 13.3. The molecule has 1 aromatic heterocycles. The number of carbonyl (C=O) groups excluding carboxylic acids is 2. The lowest BCUT2D eigenvalue weighted by Gasteiger charge is -2.05. The average Bonchev–Trinajstić information content (AvgIpc) is 2.80. The number of amides is 1. The van der Waals surface area contributed by atoms with Crippen molar-refractivity contribution < 1.29 is 9.59 Å². The zero-order chi connectivity index (χ0) is 17.0. The Balaban J connectivity index is 1.89. The Hall–Kier alpha value is -1.72. The molecular formula is C17H19ClN2O2S. The second kappa shape index (κ2) is 7.70. The number of thioether (sulfide) groups is 1. The third-order valence-electron chi connectivity index (χ3n) is 3.49. The number of Topliss-reactive ketones (excluding diaryl/α,β-unsaturated/α-hetero) is 1. The third-order valence-corrected chi connectivity index (χ3v) is 4.75. The van der Waals surface area contributed by atoms with E-state index in [1.54, 1.807) is 25.6 Å². The minimum absolute atomic E-state index is 0.0337. The largest absolute Gasteiger partial charge is 0.354 e. The molecule has 0 unspecified atom stereocenters. The van der Waals surface area contributed by atoms with Crippen molar-refractivity contribution in [3.8, 4) is 0 Å². The number of ketones is 1. The van der Waals surface area contributed by atoms with Gasteiger partial charge in [0.1, 0.15) is 5.69 Å². The standard InChI is InChI=1S/C17H19ClN2O2S/c1-10-15(12(3)21)11(2)20-16(10)17(22)19-8-9-23-14-6-4-13(18)5-7-14/h4-7,20H,8-9H2,1-3H3,(H,19,22). The number of carbonyl (C=O) groups is 2. The summed E-state index contributed by atoms with van der Waals surface area (Å²) in [6, 6.07) is 7.59. The summed E-state index contributed by atoms with van der Waals surface area (Å²) in [5, 5.41) is 3.58. The van der Waals surface area contributed by atoms with Gasteiger partial charge in [-0.3, -0.25) is 9.59 Å².